The van der Waals surface area contributed by atoms with Crippen LogP contribution in [0.3, 0.4) is 0 Å². The zero-order valence-corrected chi connectivity index (χ0v) is 9.31. The molecule has 2 unspecified atom stereocenters. The minimum Gasteiger partial charge on any atom is -0.346 e. The van der Waals surface area contributed by atoms with Crippen LogP contribution in [0.4, 0.5) is 0 Å². The summed E-state index contributed by atoms with van der Waals surface area (Å²) in [6, 6.07) is 0.498. The van der Waals surface area contributed by atoms with Gasteiger partial charge in [-0.25, -0.2) is 4.98 Å². The van der Waals surface area contributed by atoms with Gasteiger partial charge in [0.05, 0.1) is 6.20 Å². The van der Waals surface area contributed by atoms with E-state index in [1.165, 1.54) is 12.4 Å². The lowest BCUT2D eigenvalue weighted by atomic mass is 10.00. The maximum atomic E-state index is 11.8. The summed E-state index contributed by atoms with van der Waals surface area (Å²) in [5.74, 6) is -0.145. The molecule has 1 amide bonds. The zero-order valence-electron chi connectivity index (χ0n) is 9.31. The van der Waals surface area contributed by atoms with Crippen LogP contribution in [0, 0.1) is 0 Å². The highest BCUT2D eigenvalue weighted by Gasteiger charge is 2.23. The molecule has 1 saturated heterocycles. The van der Waals surface area contributed by atoms with Crippen LogP contribution in [-0.2, 0) is 0 Å². The molecule has 0 saturated carbocycles. The number of nitrogens with one attached hydrogen (secondary N) is 2. The van der Waals surface area contributed by atoms with Gasteiger partial charge in [0.25, 0.3) is 5.91 Å². The first kappa shape index (κ1) is 11.0. The fourth-order valence-electron chi connectivity index (χ4n) is 1.90. The molecule has 86 valence electrons. The fraction of sp³-hybridized carbons (Fsp3) is 0.545. The van der Waals surface area contributed by atoms with Crippen molar-refractivity contribution >= 4 is 5.91 Å². The maximum absolute atomic E-state index is 11.8. The minimum atomic E-state index is -0.145. The van der Waals surface area contributed by atoms with E-state index in [0.29, 0.717) is 11.7 Å². The van der Waals surface area contributed by atoms with Gasteiger partial charge in [-0.15, -0.1) is 0 Å². The molecule has 1 aromatic heterocycles. The number of hydrogen-bond acceptors (Lipinski definition) is 4. The van der Waals surface area contributed by atoms with E-state index < -0.39 is 0 Å². The van der Waals surface area contributed by atoms with Gasteiger partial charge >= 0.3 is 0 Å². The van der Waals surface area contributed by atoms with E-state index in [1.54, 1.807) is 6.20 Å². The van der Waals surface area contributed by atoms with Crippen LogP contribution < -0.4 is 10.6 Å². The van der Waals surface area contributed by atoms with Gasteiger partial charge in [0, 0.05) is 24.5 Å². The SMILES string of the molecule is CC1NCCCC1NC(=O)c1cnccn1. The molecule has 2 N–H and O–H groups in total. The summed E-state index contributed by atoms with van der Waals surface area (Å²) < 4.78 is 0. The van der Waals surface area contributed by atoms with Crippen molar-refractivity contribution in [3.8, 4) is 0 Å². The Morgan fingerprint density at radius 2 is 2.44 bits per heavy atom. The smallest absolute Gasteiger partial charge is 0.271 e. The van der Waals surface area contributed by atoms with E-state index in [4.69, 9.17) is 0 Å². The van der Waals surface area contributed by atoms with Crippen LogP contribution >= 0.6 is 0 Å². The van der Waals surface area contributed by atoms with E-state index in [0.717, 1.165) is 19.4 Å². The van der Waals surface area contributed by atoms with Gasteiger partial charge in [-0.05, 0) is 26.3 Å². The maximum Gasteiger partial charge on any atom is 0.271 e. The van der Waals surface area contributed by atoms with Crippen LogP contribution in [0.25, 0.3) is 0 Å². The Bertz CT molecular complexity index is 354. The molecular weight excluding hydrogens is 204 g/mol. The molecule has 16 heavy (non-hydrogen) atoms. The molecule has 0 aromatic carbocycles. The molecule has 1 aromatic rings. The number of aromatic nitrogens is 2. The molecule has 1 aliphatic rings. The highest BCUT2D eigenvalue weighted by molar-refractivity contribution is 5.92. The number of carbonyl (C=O) groups is 1. The number of piperidine rings is 1. The summed E-state index contributed by atoms with van der Waals surface area (Å²) >= 11 is 0. The second-order valence-electron chi connectivity index (χ2n) is 4.06. The Morgan fingerprint density at radius 3 is 3.12 bits per heavy atom. The molecular formula is C11H16N4O. The predicted octanol–water partition coefficient (Wildman–Crippen LogP) is 0.347. The number of rotatable bonds is 2. The van der Waals surface area contributed by atoms with Crippen molar-refractivity contribution in [1.29, 1.82) is 0 Å². The van der Waals surface area contributed by atoms with Gasteiger partial charge in [-0.2, -0.15) is 0 Å². The normalized spacial score (nSPS) is 25.1. The van der Waals surface area contributed by atoms with Crippen LogP contribution in [0.2, 0.25) is 0 Å². The molecule has 0 aliphatic carbocycles. The molecule has 5 heteroatoms. The molecule has 2 atom stereocenters. The van der Waals surface area contributed by atoms with Crippen molar-refractivity contribution in [1.82, 2.24) is 20.6 Å². The van der Waals surface area contributed by atoms with Crippen molar-refractivity contribution in [2.75, 3.05) is 6.54 Å². The standard InChI is InChI=1S/C11H16N4O/c1-8-9(3-2-4-13-8)15-11(16)10-7-12-5-6-14-10/h5-9,13H,2-4H2,1H3,(H,15,16). The third-order valence-electron chi connectivity index (χ3n) is 2.87. The first-order valence-corrected chi connectivity index (χ1v) is 5.57. The molecule has 2 heterocycles. The van der Waals surface area contributed by atoms with Crippen LogP contribution in [0.5, 0.6) is 0 Å². The first-order chi connectivity index (χ1) is 7.77. The predicted molar refractivity (Wildman–Crippen MR) is 60.0 cm³/mol. The third kappa shape index (κ3) is 2.55. The lowest BCUT2D eigenvalue weighted by Crippen LogP contribution is -2.52. The molecule has 0 spiro atoms. The minimum absolute atomic E-state index is 0.145. The molecule has 1 aliphatic heterocycles. The van der Waals surface area contributed by atoms with Crippen molar-refractivity contribution in [2.45, 2.75) is 31.8 Å². The summed E-state index contributed by atoms with van der Waals surface area (Å²) in [5, 5.41) is 6.32. The Hall–Kier alpha value is -1.49. The van der Waals surface area contributed by atoms with Gasteiger partial charge in [0.1, 0.15) is 5.69 Å². The quantitative estimate of drug-likeness (QED) is 0.754. The average Bonchev–Trinajstić information content (AvgIpc) is 2.33. The first-order valence-electron chi connectivity index (χ1n) is 5.57. The van der Waals surface area contributed by atoms with E-state index in [2.05, 4.69) is 27.5 Å². The third-order valence-corrected chi connectivity index (χ3v) is 2.87. The second kappa shape index (κ2) is 5.03. The molecule has 1 fully saturated rings. The largest absolute Gasteiger partial charge is 0.346 e. The lowest BCUT2D eigenvalue weighted by molar-refractivity contribution is 0.0914. The number of carbonyl (C=O) groups excluding carboxylic acids is 1. The van der Waals surface area contributed by atoms with E-state index in [9.17, 15) is 4.79 Å². The molecule has 0 bridgehead atoms. The van der Waals surface area contributed by atoms with Crippen LogP contribution in [-0.4, -0.2) is 34.5 Å². The highest BCUT2D eigenvalue weighted by atomic mass is 16.1. The highest BCUT2D eigenvalue weighted by Crippen LogP contribution is 2.08. The fourth-order valence-corrected chi connectivity index (χ4v) is 1.90. The van der Waals surface area contributed by atoms with Gasteiger partial charge in [-0.1, -0.05) is 0 Å². The summed E-state index contributed by atoms with van der Waals surface area (Å²) in [5.41, 5.74) is 0.375. The van der Waals surface area contributed by atoms with Crippen LogP contribution in [0.1, 0.15) is 30.3 Å². The van der Waals surface area contributed by atoms with E-state index in [-0.39, 0.29) is 11.9 Å². The van der Waals surface area contributed by atoms with Gasteiger partial charge < -0.3 is 10.6 Å². The number of nitrogens with zero attached hydrogens (tertiary/aromatic N) is 2. The van der Waals surface area contributed by atoms with Crippen LogP contribution in [0.15, 0.2) is 18.6 Å². The van der Waals surface area contributed by atoms with Gasteiger partial charge in [-0.3, -0.25) is 9.78 Å². The summed E-state index contributed by atoms with van der Waals surface area (Å²) in [4.78, 5) is 19.7. The zero-order chi connectivity index (χ0) is 11.4. The second-order valence-corrected chi connectivity index (χ2v) is 4.06. The van der Waals surface area contributed by atoms with Crippen molar-refractivity contribution in [3.05, 3.63) is 24.3 Å². The summed E-state index contributed by atoms with van der Waals surface area (Å²) in [7, 11) is 0. The van der Waals surface area contributed by atoms with E-state index >= 15 is 0 Å². The Labute approximate surface area is 94.7 Å². The number of hydrogen-bond donors (Lipinski definition) is 2. The Morgan fingerprint density at radius 1 is 1.56 bits per heavy atom. The Balaban J connectivity index is 1.96. The lowest BCUT2D eigenvalue weighted by Gasteiger charge is -2.30. The average molecular weight is 220 g/mol. The Kier molecular flexibility index (Phi) is 3.46. The van der Waals surface area contributed by atoms with Crippen molar-refractivity contribution in [3.63, 3.8) is 0 Å². The number of amides is 1. The monoisotopic (exact) mass is 220 g/mol. The van der Waals surface area contributed by atoms with E-state index in [1.807, 2.05) is 0 Å². The topological polar surface area (TPSA) is 66.9 Å². The summed E-state index contributed by atoms with van der Waals surface area (Å²) in [6.07, 6.45) is 6.67. The van der Waals surface area contributed by atoms with Gasteiger partial charge in [0.2, 0.25) is 0 Å². The van der Waals surface area contributed by atoms with Crippen molar-refractivity contribution in [2.24, 2.45) is 0 Å². The molecule has 2 rings (SSSR count). The molecule has 5 nitrogen and oxygen atoms in total. The van der Waals surface area contributed by atoms with Gasteiger partial charge in [0.15, 0.2) is 0 Å². The molecule has 0 radical (unpaired) electrons. The summed E-state index contributed by atoms with van der Waals surface area (Å²) in [6.45, 7) is 3.11. The van der Waals surface area contributed by atoms with Crippen molar-refractivity contribution < 1.29 is 4.79 Å².